The number of aryl methyl sites for hydroxylation is 2. The van der Waals surface area contributed by atoms with Crippen LogP contribution in [-0.2, 0) is 13.6 Å². The number of benzene rings is 1. The molecule has 0 aliphatic carbocycles. The van der Waals surface area contributed by atoms with E-state index in [2.05, 4.69) is 36.8 Å². The lowest BCUT2D eigenvalue weighted by atomic mass is 10.2. The van der Waals surface area contributed by atoms with E-state index in [0.717, 1.165) is 21.5 Å². The third-order valence-electron chi connectivity index (χ3n) is 2.96. The smallest absolute Gasteiger partial charge is 0.319 e. The molecular formula is C13H16BrN5O. The van der Waals surface area contributed by atoms with Crippen LogP contribution in [0.25, 0.3) is 0 Å². The van der Waals surface area contributed by atoms with Crippen LogP contribution in [0.5, 0.6) is 0 Å². The summed E-state index contributed by atoms with van der Waals surface area (Å²) in [4.78, 5) is 11.8. The number of carbonyl (C=O) groups excluding carboxylic acids is 1. The van der Waals surface area contributed by atoms with Gasteiger partial charge in [-0.3, -0.25) is 0 Å². The van der Waals surface area contributed by atoms with Crippen molar-refractivity contribution in [3.8, 4) is 0 Å². The van der Waals surface area contributed by atoms with E-state index in [1.54, 1.807) is 0 Å². The van der Waals surface area contributed by atoms with Crippen LogP contribution < -0.4 is 10.6 Å². The molecule has 1 aromatic heterocycles. The van der Waals surface area contributed by atoms with E-state index >= 15 is 0 Å². The number of amides is 2. The molecule has 0 fully saturated rings. The van der Waals surface area contributed by atoms with Crippen molar-refractivity contribution in [2.24, 2.45) is 7.05 Å². The first-order valence-corrected chi connectivity index (χ1v) is 6.92. The van der Waals surface area contributed by atoms with Crippen LogP contribution in [0.1, 0.15) is 17.2 Å². The van der Waals surface area contributed by atoms with Crippen LogP contribution in [0.2, 0.25) is 0 Å². The molecule has 0 atom stereocenters. The van der Waals surface area contributed by atoms with Gasteiger partial charge in [0.2, 0.25) is 0 Å². The topological polar surface area (TPSA) is 71.8 Å². The second-order valence-electron chi connectivity index (χ2n) is 4.51. The second-order valence-corrected chi connectivity index (χ2v) is 5.37. The number of anilines is 1. The Hall–Kier alpha value is -1.89. The van der Waals surface area contributed by atoms with E-state index in [4.69, 9.17) is 0 Å². The maximum absolute atomic E-state index is 11.8. The van der Waals surface area contributed by atoms with Gasteiger partial charge in [0.05, 0.1) is 12.2 Å². The highest BCUT2D eigenvalue weighted by Crippen LogP contribution is 2.23. The molecule has 6 nitrogen and oxygen atoms in total. The summed E-state index contributed by atoms with van der Waals surface area (Å²) in [7, 11) is 1.86. The van der Waals surface area contributed by atoms with Crippen molar-refractivity contribution in [3.05, 3.63) is 39.9 Å². The molecule has 1 aromatic carbocycles. The lowest BCUT2D eigenvalue weighted by Crippen LogP contribution is -2.29. The molecule has 0 spiro atoms. The number of aromatic nitrogens is 3. The van der Waals surface area contributed by atoms with Crippen molar-refractivity contribution in [2.45, 2.75) is 20.4 Å². The zero-order chi connectivity index (χ0) is 14.7. The molecule has 0 saturated carbocycles. The number of nitrogens with one attached hydrogen (secondary N) is 2. The Morgan fingerprint density at radius 2 is 2.10 bits per heavy atom. The molecule has 2 N–H and O–H groups in total. The number of carbonyl (C=O) groups is 1. The van der Waals surface area contributed by atoms with Gasteiger partial charge in [-0.1, -0.05) is 6.07 Å². The third kappa shape index (κ3) is 3.36. The Morgan fingerprint density at radius 3 is 2.70 bits per heavy atom. The Labute approximate surface area is 125 Å². The van der Waals surface area contributed by atoms with E-state index in [1.807, 2.05) is 43.7 Å². The Morgan fingerprint density at radius 1 is 1.35 bits per heavy atom. The standard InChI is InChI=1S/C13H16BrN5O/c1-8-4-5-11(10(14)6-8)16-13(20)15-7-12-18-17-9(2)19(12)3/h4-6H,7H2,1-3H3,(H2,15,16,20). The van der Waals surface area contributed by atoms with Gasteiger partial charge >= 0.3 is 6.03 Å². The molecule has 0 bridgehead atoms. The molecule has 0 aliphatic rings. The van der Waals surface area contributed by atoms with E-state index in [1.165, 1.54) is 0 Å². The van der Waals surface area contributed by atoms with E-state index in [-0.39, 0.29) is 6.03 Å². The minimum Gasteiger partial charge on any atom is -0.331 e. The zero-order valence-electron chi connectivity index (χ0n) is 11.6. The number of rotatable bonds is 3. The average molecular weight is 338 g/mol. The molecule has 0 aliphatic heterocycles. The average Bonchev–Trinajstić information content (AvgIpc) is 2.71. The maximum Gasteiger partial charge on any atom is 0.319 e. The fraction of sp³-hybridized carbons (Fsp3) is 0.308. The highest BCUT2D eigenvalue weighted by molar-refractivity contribution is 9.10. The van der Waals surface area contributed by atoms with Crippen LogP contribution in [0.4, 0.5) is 10.5 Å². The molecule has 0 unspecified atom stereocenters. The van der Waals surface area contributed by atoms with Crippen LogP contribution in [0, 0.1) is 13.8 Å². The molecule has 106 valence electrons. The highest BCUT2D eigenvalue weighted by atomic mass is 79.9. The quantitative estimate of drug-likeness (QED) is 0.903. The Kier molecular flexibility index (Phi) is 4.39. The fourth-order valence-electron chi connectivity index (χ4n) is 1.65. The van der Waals surface area contributed by atoms with Gasteiger partial charge in [-0.15, -0.1) is 10.2 Å². The molecule has 2 aromatic rings. The first kappa shape index (κ1) is 14.5. The van der Waals surface area contributed by atoms with Crippen LogP contribution in [0.3, 0.4) is 0 Å². The Bertz CT molecular complexity index is 638. The summed E-state index contributed by atoms with van der Waals surface area (Å²) in [6.45, 7) is 4.18. The van der Waals surface area contributed by atoms with Crippen molar-refractivity contribution < 1.29 is 4.79 Å². The SMILES string of the molecule is Cc1ccc(NC(=O)NCc2nnc(C)n2C)c(Br)c1. The van der Waals surface area contributed by atoms with Crippen molar-refractivity contribution in [1.29, 1.82) is 0 Å². The molecule has 0 saturated heterocycles. The summed E-state index contributed by atoms with van der Waals surface area (Å²) < 4.78 is 2.68. The summed E-state index contributed by atoms with van der Waals surface area (Å²) in [6.07, 6.45) is 0. The second kappa shape index (κ2) is 6.04. The predicted molar refractivity (Wildman–Crippen MR) is 80.5 cm³/mol. The summed E-state index contributed by atoms with van der Waals surface area (Å²) >= 11 is 3.42. The lowest BCUT2D eigenvalue weighted by Gasteiger charge is -2.09. The molecular weight excluding hydrogens is 322 g/mol. The van der Waals surface area contributed by atoms with Crippen molar-refractivity contribution in [2.75, 3.05) is 5.32 Å². The van der Waals surface area contributed by atoms with Crippen molar-refractivity contribution in [1.82, 2.24) is 20.1 Å². The van der Waals surface area contributed by atoms with E-state index in [9.17, 15) is 4.79 Å². The molecule has 2 amide bonds. The van der Waals surface area contributed by atoms with E-state index in [0.29, 0.717) is 12.4 Å². The minimum absolute atomic E-state index is 0.282. The van der Waals surface area contributed by atoms with Gasteiger partial charge in [-0.25, -0.2) is 4.79 Å². The number of hydrogen-bond acceptors (Lipinski definition) is 3. The van der Waals surface area contributed by atoms with Gasteiger partial charge in [-0.05, 0) is 47.5 Å². The largest absolute Gasteiger partial charge is 0.331 e. The number of halogens is 1. The number of nitrogens with zero attached hydrogens (tertiary/aromatic N) is 3. The molecule has 0 radical (unpaired) electrons. The monoisotopic (exact) mass is 337 g/mol. The fourth-order valence-corrected chi connectivity index (χ4v) is 2.24. The van der Waals surface area contributed by atoms with Crippen LogP contribution in [-0.4, -0.2) is 20.8 Å². The lowest BCUT2D eigenvalue weighted by molar-refractivity contribution is 0.251. The van der Waals surface area contributed by atoms with Gasteiger partial charge in [-0.2, -0.15) is 0 Å². The predicted octanol–water partition coefficient (Wildman–Crippen LogP) is 2.52. The maximum atomic E-state index is 11.8. The summed E-state index contributed by atoms with van der Waals surface area (Å²) in [5.74, 6) is 1.52. The summed E-state index contributed by atoms with van der Waals surface area (Å²) in [5.41, 5.74) is 1.85. The van der Waals surface area contributed by atoms with Crippen molar-refractivity contribution >= 4 is 27.6 Å². The highest BCUT2D eigenvalue weighted by Gasteiger charge is 2.08. The van der Waals surface area contributed by atoms with E-state index < -0.39 is 0 Å². The van der Waals surface area contributed by atoms with Crippen LogP contribution in [0.15, 0.2) is 22.7 Å². The summed E-state index contributed by atoms with van der Waals surface area (Å²) in [6, 6.07) is 5.45. The van der Waals surface area contributed by atoms with Gasteiger partial charge < -0.3 is 15.2 Å². The van der Waals surface area contributed by atoms with Gasteiger partial charge in [0, 0.05) is 11.5 Å². The third-order valence-corrected chi connectivity index (χ3v) is 3.62. The molecule has 20 heavy (non-hydrogen) atoms. The van der Waals surface area contributed by atoms with Gasteiger partial charge in [0.1, 0.15) is 5.82 Å². The van der Waals surface area contributed by atoms with Gasteiger partial charge in [0.15, 0.2) is 5.82 Å². The van der Waals surface area contributed by atoms with Crippen LogP contribution >= 0.6 is 15.9 Å². The first-order chi connectivity index (χ1) is 9.47. The Balaban J connectivity index is 1.94. The van der Waals surface area contributed by atoms with Gasteiger partial charge in [0.25, 0.3) is 0 Å². The van der Waals surface area contributed by atoms with Crippen molar-refractivity contribution in [3.63, 3.8) is 0 Å². The minimum atomic E-state index is -0.282. The zero-order valence-corrected chi connectivity index (χ0v) is 13.2. The molecule has 2 rings (SSSR count). The number of urea groups is 1. The molecule has 7 heteroatoms. The first-order valence-electron chi connectivity index (χ1n) is 6.13. The molecule has 1 heterocycles. The summed E-state index contributed by atoms with van der Waals surface area (Å²) in [5, 5.41) is 13.4. The normalized spacial score (nSPS) is 10.4. The number of hydrogen-bond donors (Lipinski definition) is 2.